The molecular weight excluding hydrogens is 384 g/mol. The Labute approximate surface area is 173 Å². The standard InChI is InChI=1S/C23H20N2O5/c24-21(27)18-13-7-8-14-19(18)25-20(26)15-30-22(28)23(29,16-9-3-1-4-10-16)17-11-5-2-6-12-17/h1-14,29H,15H2,(H2,24,27)(H,25,26). The number of ether oxygens (including phenoxy) is 1. The van der Waals surface area contributed by atoms with E-state index in [-0.39, 0.29) is 11.3 Å². The number of nitrogens with one attached hydrogen (secondary N) is 1. The number of carbonyl (C=O) groups is 3. The van der Waals surface area contributed by atoms with E-state index in [2.05, 4.69) is 5.32 Å². The third kappa shape index (κ3) is 4.37. The fraction of sp³-hybridized carbons (Fsp3) is 0.0870. The van der Waals surface area contributed by atoms with Crippen LogP contribution in [0.25, 0.3) is 0 Å². The van der Waals surface area contributed by atoms with Gasteiger partial charge in [0.15, 0.2) is 6.61 Å². The Balaban J connectivity index is 1.78. The topological polar surface area (TPSA) is 119 Å². The molecule has 0 atom stereocenters. The maximum atomic E-state index is 12.9. The van der Waals surface area contributed by atoms with Crippen molar-refractivity contribution in [2.75, 3.05) is 11.9 Å². The van der Waals surface area contributed by atoms with Crippen molar-refractivity contribution in [3.63, 3.8) is 0 Å². The van der Waals surface area contributed by atoms with E-state index in [0.29, 0.717) is 11.1 Å². The average molecular weight is 404 g/mol. The van der Waals surface area contributed by atoms with Gasteiger partial charge in [-0.25, -0.2) is 4.79 Å². The molecule has 0 aliphatic carbocycles. The molecule has 0 saturated carbocycles. The molecule has 0 fully saturated rings. The number of aliphatic hydroxyl groups is 1. The molecule has 0 aromatic heterocycles. The van der Waals surface area contributed by atoms with Crippen LogP contribution in [0, 0.1) is 0 Å². The van der Waals surface area contributed by atoms with Crippen molar-refractivity contribution in [3.8, 4) is 0 Å². The molecule has 0 saturated heterocycles. The summed E-state index contributed by atoms with van der Waals surface area (Å²) in [6.07, 6.45) is 0. The van der Waals surface area contributed by atoms with Gasteiger partial charge in [0.25, 0.3) is 11.8 Å². The number of para-hydroxylation sites is 1. The third-order valence-electron chi connectivity index (χ3n) is 4.48. The Hall–Kier alpha value is -3.97. The fourth-order valence-corrected chi connectivity index (χ4v) is 2.99. The van der Waals surface area contributed by atoms with Crippen LogP contribution in [0.2, 0.25) is 0 Å². The molecule has 152 valence electrons. The van der Waals surface area contributed by atoms with E-state index in [0.717, 1.165) is 0 Å². The van der Waals surface area contributed by atoms with E-state index < -0.39 is 30.0 Å². The lowest BCUT2D eigenvalue weighted by Crippen LogP contribution is -2.40. The van der Waals surface area contributed by atoms with Gasteiger partial charge in [-0.15, -0.1) is 0 Å². The summed E-state index contributed by atoms with van der Waals surface area (Å²) in [5.74, 6) is -2.39. The van der Waals surface area contributed by atoms with Gasteiger partial charge in [-0.2, -0.15) is 0 Å². The van der Waals surface area contributed by atoms with Crippen LogP contribution in [0.4, 0.5) is 5.69 Å². The molecule has 0 spiro atoms. The molecule has 0 aliphatic rings. The molecule has 4 N–H and O–H groups in total. The first-order chi connectivity index (χ1) is 14.4. The van der Waals surface area contributed by atoms with Gasteiger partial charge in [-0.1, -0.05) is 72.8 Å². The van der Waals surface area contributed by atoms with Crippen molar-refractivity contribution in [1.29, 1.82) is 0 Å². The Morgan fingerprint density at radius 3 is 1.87 bits per heavy atom. The molecule has 0 bridgehead atoms. The molecule has 2 amide bonds. The monoisotopic (exact) mass is 404 g/mol. The minimum Gasteiger partial charge on any atom is -0.453 e. The van der Waals surface area contributed by atoms with Crippen molar-refractivity contribution in [1.82, 2.24) is 0 Å². The van der Waals surface area contributed by atoms with Crippen LogP contribution in [-0.4, -0.2) is 29.5 Å². The zero-order valence-corrected chi connectivity index (χ0v) is 15.9. The number of nitrogens with two attached hydrogens (primary N) is 1. The lowest BCUT2D eigenvalue weighted by molar-refractivity contribution is -0.163. The number of amides is 2. The molecule has 3 rings (SSSR count). The highest BCUT2D eigenvalue weighted by atomic mass is 16.6. The number of rotatable bonds is 7. The van der Waals surface area contributed by atoms with E-state index in [1.165, 1.54) is 12.1 Å². The van der Waals surface area contributed by atoms with Crippen LogP contribution < -0.4 is 11.1 Å². The summed E-state index contributed by atoms with van der Waals surface area (Å²) in [7, 11) is 0. The van der Waals surface area contributed by atoms with Crippen LogP contribution in [0.5, 0.6) is 0 Å². The quantitative estimate of drug-likeness (QED) is 0.522. The normalized spacial score (nSPS) is 10.8. The predicted octanol–water partition coefficient (Wildman–Crippen LogP) is 2.20. The summed E-state index contributed by atoms with van der Waals surface area (Å²) in [4.78, 5) is 36.6. The zero-order chi connectivity index (χ0) is 21.6. The summed E-state index contributed by atoms with van der Waals surface area (Å²) in [6, 6.07) is 22.8. The summed E-state index contributed by atoms with van der Waals surface area (Å²) in [5.41, 5.74) is 4.14. The van der Waals surface area contributed by atoms with Crippen LogP contribution in [0.3, 0.4) is 0 Å². The number of primary amides is 1. The largest absolute Gasteiger partial charge is 0.453 e. The minimum absolute atomic E-state index is 0.127. The molecule has 0 radical (unpaired) electrons. The SMILES string of the molecule is NC(=O)c1ccccc1NC(=O)COC(=O)C(O)(c1ccccc1)c1ccccc1. The van der Waals surface area contributed by atoms with Gasteiger partial charge in [0.05, 0.1) is 11.3 Å². The number of esters is 1. The van der Waals surface area contributed by atoms with E-state index in [4.69, 9.17) is 10.5 Å². The lowest BCUT2D eigenvalue weighted by Gasteiger charge is -2.27. The van der Waals surface area contributed by atoms with Gasteiger partial charge >= 0.3 is 5.97 Å². The van der Waals surface area contributed by atoms with Crippen LogP contribution in [0.1, 0.15) is 21.5 Å². The van der Waals surface area contributed by atoms with Gasteiger partial charge in [0.1, 0.15) is 0 Å². The highest BCUT2D eigenvalue weighted by Crippen LogP contribution is 2.31. The Morgan fingerprint density at radius 2 is 1.33 bits per heavy atom. The second-order valence-electron chi connectivity index (χ2n) is 6.48. The third-order valence-corrected chi connectivity index (χ3v) is 4.48. The molecule has 30 heavy (non-hydrogen) atoms. The summed E-state index contributed by atoms with van der Waals surface area (Å²) >= 11 is 0. The second-order valence-corrected chi connectivity index (χ2v) is 6.48. The molecule has 0 heterocycles. The molecule has 7 nitrogen and oxygen atoms in total. The lowest BCUT2D eigenvalue weighted by atomic mass is 9.86. The van der Waals surface area contributed by atoms with E-state index in [9.17, 15) is 19.5 Å². The predicted molar refractivity (Wildman–Crippen MR) is 110 cm³/mol. The average Bonchev–Trinajstić information content (AvgIpc) is 2.78. The maximum absolute atomic E-state index is 12.9. The van der Waals surface area contributed by atoms with Crippen LogP contribution in [0.15, 0.2) is 84.9 Å². The molecular formula is C23H20N2O5. The first kappa shape index (κ1) is 20.8. The Bertz CT molecular complexity index is 1010. The van der Waals surface area contributed by atoms with E-state index in [1.807, 2.05) is 0 Å². The highest BCUT2D eigenvalue weighted by molar-refractivity contribution is 6.03. The second kappa shape index (κ2) is 9.02. The number of anilines is 1. The molecule has 0 aliphatic heterocycles. The number of hydrogen-bond acceptors (Lipinski definition) is 5. The maximum Gasteiger partial charge on any atom is 0.348 e. The number of hydrogen-bond donors (Lipinski definition) is 3. The van der Waals surface area contributed by atoms with Crippen molar-refractivity contribution >= 4 is 23.5 Å². The molecule has 3 aromatic carbocycles. The molecule has 7 heteroatoms. The molecule has 3 aromatic rings. The first-order valence-electron chi connectivity index (χ1n) is 9.12. The van der Waals surface area contributed by atoms with E-state index >= 15 is 0 Å². The van der Waals surface area contributed by atoms with Crippen molar-refractivity contribution in [2.45, 2.75) is 5.60 Å². The van der Waals surface area contributed by atoms with Crippen molar-refractivity contribution < 1.29 is 24.2 Å². The smallest absolute Gasteiger partial charge is 0.348 e. The van der Waals surface area contributed by atoms with Gasteiger partial charge in [-0.05, 0) is 23.3 Å². The van der Waals surface area contributed by atoms with Gasteiger partial charge < -0.3 is 20.9 Å². The van der Waals surface area contributed by atoms with Gasteiger partial charge in [0.2, 0.25) is 5.60 Å². The van der Waals surface area contributed by atoms with Crippen molar-refractivity contribution in [2.24, 2.45) is 5.73 Å². The highest BCUT2D eigenvalue weighted by Gasteiger charge is 2.41. The van der Waals surface area contributed by atoms with Gasteiger partial charge in [0, 0.05) is 0 Å². The van der Waals surface area contributed by atoms with Gasteiger partial charge in [-0.3, -0.25) is 9.59 Å². The fourth-order valence-electron chi connectivity index (χ4n) is 2.99. The Kier molecular flexibility index (Phi) is 6.24. The molecule has 0 unspecified atom stereocenters. The number of benzene rings is 3. The van der Waals surface area contributed by atoms with Crippen LogP contribution in [-0.2, 0) is 19.9 Å². The summed E-state index contributed by atoms with van der Waals surface area (Å²) in [6.45, 7) is -0.659. The Morgan fingerprint density at radius 1 is 0.833 bits per heavy atom. The van der Waals surface area contributed by atoms with E-state index in [1.54, 1.807) is 72.8 Å². The minimum atomic E-state index is -2.09. The van der Waals surface area contributed by atoms with Crippen LogP contribution >= 0.6 is 0 Å². The summed E-state index contributed by atoms with van der Waals surface area (Å²) in [5, 5.41) is 13.8. The first-order valence-corrected chi connectivity index (χ1v) is 9.12. The summed E-state index contributed by atoms with van der Waals surface area (Å²) < 4.78 is 5.13. The number of carbonyl (C=O) groups excluding carboxylic acids is 3. The van der Waals surface area contributed by atoms with Crippen molar-refractivity contribution in [3.05, 3.63) is 102 Å². The zero-order valence-electron chi connectivity index (χ0n) is 15.9.